The van der Waals surface area contributed by atoms with Crippen LogP contribution in [0.4, 0.5) is 4.39 Å². The fraction of sp³-hybridized carbons (Fsp3) is 0.688. The van der Waals surface area contributed by atoms with E-state index in [1.54, 1.807) is 16.4 Å². The van der Waals surface area contributed by atoms with Crippen molar-refractivity contribution in [3.8, 4) is 5.88 Å². The van der Waals surface area contributed by atoms with Gasteiger partial charge in [-0.3, -0.25) is 0 Å². The Morgan fingerprint density at radius 3 is 2.43 bits per heavy atom. The van der Waals surface area contributed by atoms with E-state index in [1.165, 1.54) is 6.07 Å². The predicted molar refractivity (Wildman–Crippen MR) is 85.2 cm³/mol. The van der Waals surface area contributed by atoms with Gasteiger partial charge in [-0.1, -0.05) is 25.3 Å². The average molecular weight is 342 g/mol. The number of ether oxygens (including phenoxy) is 1. The van der Waals surface area contributed by atoms with Crippen LogP contribution in [0, 0.1) is 5.95 Å². The zero-order valence-corrected chi connectivity index (χ0v) is 14.0. The van der Waals surface area contributed by atoms with E-state index in [2.05, 4.69) is 4.98 Å². The van der Waals surface area contributed by atoms with Crippen molar-refractivity contribution in [3.63, 3.8) is 0 Å². The number of piperidine rings is 1. The summed E-state index contributed by atoms with van der Waals surface area (Å²) in [4.78, 5) is 3.69. The molecule has 1 aromatic heterocycles. The van der Waals surface area contributed by atoms with Gasteiger partial charge in [-0.2, -0.15) is 9.37 Å². The number of halogens is 1. The molecule has 0 radical (unpaired) electrons. The van der Waals surface area contributed by atoms with Gasteiger partial charge in [-0.25, -0.2) is 12.7 Å². The average Bonchev–Trinajstić information content (AvgIpc) is 2.56. The third kappa shape index (κ3) is 4.01. The second-order valence-corrected chi connectivity index (χ2v) is 8.53. The lowest BCUT2D eigenvalue weighted by Gasteiger charge is -2.34. The number of aromatic nitrogens is 1. The Morgan fingerprint density at radius 1 is 1.09 bits per heavy atom. The maximum Gasteiger partial charge on any atom is 0.216 e. The van der Waals surface area contributed by atoms with E-state index >= 15 is 0 Å². The van der Waals surface area contributed by atoms with Gasteiger partial charge >= 0.3 is 0 Å². The number of hydrogen-bond acceptors (Lipinski definition) is 4. The molecule has 1 aliphatic heterocycles. The first kappa shape index (κ1) is 16.6. The van der Waals surface area contributed by atoms with Crippen molar-refractivity contribution < 1.29 is 17.5 Å². The van der Waals surface area contributed by atoms with E-state index in [0.29, 0.717) is 25.9 Å². The summed E-state index contributed by atoms with van der Waals surface area (Å²) in [5.74, 6) is -0.307. The Kier molecular flexibility index (Phi) is 5.16. The monoisotopic (exact) mass is 342 g/mol. The van der Waals surface area contributed by atoms with Crippen LogP contribution in [0.25, 0.3) is 0 Å². The topological polar surface area (TPSA) is 59.5 Å². The maximum atomic E-state index is 13.1. The number of sulfonamides is 1. The van der Waals surface area contributed by atoms with Gasteiger partial charge in [-0.05, 0) is 31.7 Å². The van der Waals surface area contributed by atoms with Crippen molar-refractivity contribution in [3.05, 3.63) is 24.1 Å². The van der Waals surface area contributed by atoms with Crippen LogP contribution in [0.3, 0.4) is 0 Å². The van der Waals surface area contributed by atoms with Crippen molar-refractivity contribution in [2.75, 3.05) is 13.1 Å². The van der Waals surface area contributed by atoms with E-state index in [4.69, 9.17) is 4.74 Å². The van der Waals surface area contributed by atoms with E-state index in [0.717, 1.165) is 32.1 Å². The normalized spacial score (nSPS) is 22.1. The Morgan fingerprint density at radius 2 is 1.78 bits per heavy atom. The van der Waals surface area contributed by atoms with Crippen LogP contribution in [0.15, 0.2) is 18.2 Å². The third-order valence-corrected chi connectivity index (χ3v) is 7.11. The van der Waals surface area contributed by atoms with Crippen molar-refractivity contribution in [1.82, 2.24) is 9.29 Å². The summed E-state index contributed by atoms with van der Waals surface area (Å²) < 4.78 is 45.7. The molecule has 7 heteroatoms. The molecule has 23 heavy (non-hydrogen) atoms. The standard InChI is InChI=1S/C16H23FN2O3S/c17-15-7-4-8-16(18-15)22-13-9-11-19(12-10-13)23(20,21)14-5-2-1-3-6-14/h4,7-8,13-14H,1-3,5-6,9-12H2. The van der Waals surface area contributed by atoms with Crippen LogP contribution >= 0.6 is 0 Å². The summed E-state index contributed by atoms with van der Waals surface area (Å²) in [5, 5.41) is -0.210. The summed E-state index contributed by atoms with van der Waals surface area (Å²) in [7, 11) is -3.19. The highest BCUT2D eigenvalue weighted by molar-refractivity contribution is 7.89. The first-order valence-corrected chi connectivity index (χ1v) is 9.84. The molecule has 2 aliphatic rings. The van der Waals surface area contributed by atoms with Gasteiger partial charge in [0, 0.05) is 19.2 Å². The van der Waals surface area contributed by atoms with E-state index in [1.807, 2.05) is 0 Å². The zero-order chi connectivity index (χ0) is 16.3. The molecule has 1 aliphatic carbocycles. The van der Waals surface area contributed by atoms with Crippen LogP contribution in [0.5, 0.6) is 5.88 Å². The molecule has 0 N–H and O–H groups in total. The van der Waals surface area contributed by atoms with Crippen LogP contribution in [-0.2, 0) is 10.0 Å². The number of pyridine rings is 1. The Hall–Kier alpha value is -1.21. The van der Waals surface area contributed by atoms with Crippen molar-refractivity contribution in [2.45, 2.75) is 56.3 Å². The van der Waals surface area contributed by atoms with Crippen LogP contribution < -0.4 is 4.74 Å². The molecule has 0 bridgehead atoms. The molecule has 5 nitrogen and oxygen atoms in total. The molecule has 0 spiro atoms. The second-order valence-electron chi connectivity index (χ2n) is 6.32. The molecule has 128 valence electrons. The first-order chi connectivity index (χ1) is 11.1. The van der Waals surface area contributed by atoms with Gasteiger partial charge in [0.25, 0.3) is 0 Å². The lowest BCUT2D eigenvalue weighted by atomic mass is 10.0. The molecular weight excluding hydrogens is 319 g/mol. The highest BCUT2D eigenvalue weighted by atomic mass is 32.2. The third-order valence-electron chi connectivity index (χ3n) is 4.71. The molecule has 2 fully saturated rings. The Balaban J connectivity index is 1.55. The number of rotatable bonds is 4. The predicted octanol–water partition coefficient (Wildman–Crippen LogP) is 2.73. The molecular formula is C16H23FN2O3S. The largest absolute Gasteiger partial charge is 0.474 e. The van der Waals surface area contributed by atoms with E-state index in [9.17, 15) is 12.8 Å². The highest BCUT2D eigenvalue weighted by Gasteiger charge is 2.35. The molecule has 0 amide bonds. The number of nitrogens with zero attached hydrogens (tertiary/aromatic N) is 2. The minimum atomic E-state index is -3.19. The zero-order valence-electron chi connectivity index (χ0n) is 13.2. The molecule has 3 rings (SSSR count). The van der Waals surface area contributed by atoms with Crippen molar-refractivity contribution >= 4 is 10.0 Å². The fourth-order valence-corrected chi connectivity index (χ4v) is 5.47. The van der Waals surface area contributed by atoms with Crippen LogP contribution in [-0.4, -0.2) is 42.2 Å². The van der Waals surface area contributed by atoms with Gasteiger partial charge < -0.3 is 4.74 Å². The lowest BCUT2D eigenvalue weighted by molar-refractivity contribution is 0.128. The number of hydrogen-bond donors (Lipinski definition) is 0. The molecule has 0 atom stereocenters. The second kappa shape index (κ2) is 7.13. The smallest absolute Gasteiger partial charge is 0.216 e. The molecule has 0 aromatic carbocycles. The summed E-state index contributed by atoms with van der Waals surface area (Å²) in [5.41, 5.74) is 0. The van der Waals surface area contributed by atoms with E-state index < -0.39 is 16.0 Å². The maximum absolute atomic E-state index is 13.1. The molecule has 1 aromatic rings. The van der Waals surface area contributed by atoms with Crippen LogP contribution in [0.1, 0.15) is 44.9 Å². The molecule has 1 saturated heterocycles. The Labute approximate surface area is 136 Å². The highest BCUT2D eigenvalue weighted by Crippen LogP contribution is 2.28. The summed E-state index contributed by atoms with van der Waals surface area (Å²) >= 11 is 0. The first-order valence-electron chi connectivity index (χ1n) is 8.34. The molecule has 2 heterocycles. The van der Waals surface area contributed by atoms with Crippen LogP contribution in [0.2, 0.25) is 0 Å². The van der Waals surface area contributed by atoms with E-state index in [-0.39, 0.29) is 17.2 Å². The quantitative estimate of drug-likeness (QED) is 0.790. The fourth-order valence-electron chi connectivity index (χ4n) is 3.40. The summed E-state index contributed by atoms with van der Waals surface area (Å²) in [6, 6.07) is 4.45. The summed E-state index contributed by atoms with van der Waals surface area (Å²) in [6.45, 7) is 0.942. The Bertz CT molecular complexity index is 624. The lowest BCUT2D eigenvalue weighted by Crippen LogP contribution is -2.46. The molecule has 0 unspecified atom stereocenters. The van der Waals surface area contributed by atoms with Gasteiger partial charge in [0.15, 0.2) is 0 Å². The van der Waals surface area contributed by atoms with Gasteiger partial charge in [0.2, 0.25) is 21.9 Å². The van der Waals surface area contributed by atoms with Crippen molar-refractivity contribution in [1.29, 1.82) is 0 Å². The summed E-state index contributed by atoms with van der Waals surface area (Å²) in [6.07, 6.45) is 5.85. The minimum Gasteiger partial charge on any atom is -0.474 e. The van der Waals surface area contributed by atoms with Gasteiger partial charge in [-0.15, -0.1) is 0 Å². The molecule has 1 saturated carbocycles. The van der Waals surface area contributed by atoms with Gasteiger partial charge in [0.05, 0.1) is 5.25 Å². The SMILES string of the molecule is O=S(=O)(C1CCCCC1)N1CCC(Oc2cccc(F)n2)CC1. The minimum absolute atomic E-state index is 0.109. The van der Waals surface area contributed by atoms with Crippen molar-refractivity contribution in [2.24, 2.45) is 0 Å². The van der Waals surface area contributed by atoms with Gasteiger partial charge in [0.1, 0.15) is 6.10 Å².